The first-order valence-electron chi connectivity index (χ1n) is 3.92. The van der Waals surface area contributed by atoms with Crippen LogP contribution in [0.4, 0.5) is 4.39 Å². The van der Waals surface area contributed by atoms with E-state index in [2.05, 4.69) is 4.74 Å². The van der Waals surface area contributed by atoms with Crippen molar-refractivity contribution in [2.24, 2.45) is 0 Å². The molecule has 0 unspecified atom stereocenters. The van der Waals surface area contributed by atoms with Crippen LogP contribution in [-0.4, -0.2) is 18.9 Å². The smallest absolute Gasteiger partial charge is 0.379 e. The maximum absolute atomic E-state index is 12.9. The third kappa shape index (κ3) is 2.17. The molecule has 0 amide bonds. The number of carbonyl (C=O) groups excluding carboxylic acids is 2. The van der Waals surface area contributed by atoms with E-state index in [9.17, 15) is 14.0 Å². The minimum atomic E-state index is -1.05. The quantitative estimate of drug-likeness (QED) is 0.413. The Labute approximate surface area is 84.9 Å². The summed E-state index contributed by atoms with van der Waals surface area (Å²) in [7, 11) is 1.06. The maximum atomic E-state index is 12.9. The van der Waals surface area contributed by atoms with Crippen LogP contribution in [0.5, 0.6) is 0 Å². The zero-order valence-corrected chi connectivity index (χ0v) is 7.78. The molecule has 0 saturated carbocycles. The van der Waals surface area contributed by atoms with Crippen LogP contribution in [0.15, 0.2) is 18.2 Å². The third-order valence-corrected chi connectivity index (χ3v) is 1.72. The molecule has 0 fully saturated rings. The Morgan fingerprint density at radius 3 is 2.67 bits per heavy atom. The van der Waals surface area contributed by atoms with Crippen molar-refractivity contribution in [3.8, 4) is 6.07 Å². The van der Waals surface area contributed by atoms with Gasteiger partial charge in [-0.2, -0.15) is 5.26 Å². The highest BCUT2D eigenvalue weighted by atomic mass is 19.1. The van der Waals surface area contributed by atoms with Crippen molar-refractivity contribution in [2.45, 2.75) is 0 Å². The van der Waals surface area contributed by atoms with Gasteiger partial charge >= 0.3 is 5.97 Å². The van der Waals surface area contributed by atoms with Gasteiger partial charge < -0.3 is 4.74 Å². The molecule has 0 aliphatic rings. The number of hydrogen-bond acceptors (Lipinski definition) is 4. The molecule has 0 aromatic heterocycles. The average Bonchev–Trinajstić information content (AvgIpc) is 2.27. The second-order valence-corrected chi connectivity index (χ2v) is 2.63. The van der Waals surface area contributed by atoms with Crippen LogP contribution in [0.1, 0.15) is 15.9 Å². The Hall–Kier alpha value is -2.22. The normalized spacial score (nSPS) is 9.13. The molecule has 1 rings (SSSR count). The van der Waals surface area contributed by atoms with Gasteiger partial charge in [-0.3, -0.25) is 4.79 Å². The zero-order chi connectivity index (χ0) is 11.4. The van der Waals surface area contributed by atoms with E-state index in [0.29, 0.717) is 0 Å². The summed E-state index contributed by atoms with van der Waals surface area (Å²) in [5.74, 6) is -2.70. The number of esters is 1. The van der Waals surface area contributed by atoms with Crippen molar-refractivity contribution in [1.29, 1.82) is 5.26 Å². The molecule has 5 heteroatoms. The second-order valence-electron chi connectivity index (χ2n) is 2.63. The Bertz CT molecular complexity index is 462. The van der Waals surface area contributed by atoms with Gasteiger partial charge in [0.2, 0.25) is 0 Å². The lowest BCUT2D eigenvalue weighted by atomic mass is 10.1. The van der Waals surface area contributed by atoms with Crippen LogP contribution in [0, 0.1) is 17.1 Å². The molecule has 0 heterocycles. The maximum Gasteiger partial charge on any atom is 0.379 e. The number of hydrogen-bond donors (Lipinski definition) is 0. The number of nitriles is 1. The summed E-state index contributed by atoms with van der Waals surface area (Å²) in [4.78, 5) is 22.1. The van der Waals surface area contributed by atoms with Crippen molar-refractivity contribution in [3.63, 3.8) is 0 Å². The lowest BCUT2D eigenvalue weighted by Gasteiger charge is -1.99. The first-order chi connectivity index (χ1) is 7.10. The van der Waals surface area contributed by atoms with Crippen LogP contribution < -0.4 is 0 Å². The van der Waals surface area contributed by atoms with Gasteiger partial charge in [-0.05, 0) is 18.2 Å². The topological polar surface area (TPSA) is 67.2 Å². The highest BCUT2D eigenvalue weighted by molar-refractivity contribution is 6.40. The Morgan fingerprint density at radius 1 is 1.47 bits per heavy atom. The molecule has 0 saturated heterocycles. The van der Waals surface area contributed by atoms with E-state index in [1.807, 2.05) is 0 Å². The molecule has 76 valence electrons. The first-order valence-corrected chi connectivity index (χ1v) is 3.92. The monoisotopic (exact) mass is 207 g/mol. The summed E-state index contributed by atoms with van der Waals surface area (Å²) in [6.45, 7) is 0. The van der Waals surface area contributed by atoms with Gasteiger partial charge in [0.15, 0.2) is 0 Å². The van der Waals surface area contributed by atoms with Crippen molar-refractivity contribution >= 4 is 11.8 Å². The predicted molar refractivity (Wildman–Crippen MR) is 47.5 cm³/mol. The molecule has 0 N–H and O–H groups in total. The van der Waals surface area contributed by atoms with Crippen LogP contribution >= 0.6 is 0 Å². The van der Waals surface area contributed by atoms with Gasteiger partial charge in [-0.15, -0.1) is 0 Å². The lowest BCUT2D eigenvalue weighted by molar-refractivity contribution is -0.135. The summed E-state index contributed by atoms with van der Waals surface area (Å²) < 4.78 is 17.1. The van der Waals surface area contributed by atoms with E-state index in [4.69, 9.17) is 5.26 Å². The summed E-state index contributed by atoms with van der Waals surface area (Å²) in [6.07, 6.45) is 0. The standard InChI is InChI=1S/C10H6FNO3/c1-15-10(14)9(13)6-2-3-8(11)7(4-6)5-12/h2-4H,1H3. The summed E-state index contributed by atoms with van der Waals surface area (Å²) >= 11 is 0. The van der Waals surface area contributed by atoms with Gasteiger partial charge in [0.25, 0.3) is 5.78 Å². The number of rotatable bonds is 2. The zero-order valence-electron chi connectivity index (χ0n) is 7.78. The van der Waals surface area contributed by atoms with Crippen LogP contribution in [-0.2, 0) is 9.53 Å². The fraction of sp³-hybridized carbons (Fsp3) is 0.100. The molecule has 1 aromatic rings. The van der Waals surface area contributed by atoms with E-state index in [0.717, 1.165) is 25.3 Å². The van der Waals surface area contributed by atoms with E-state index in [1.165, 1.54) is 0 Å². The minimum Gasteiger partial charge on any atom is -0.463 e. The molecular formula is C10H6FNO3. The van der Waals surface area contributed by atoms with Gasteiger partial charge in [0.1, 0.15) is 11.9 Å². The Balaban J connectivity index is 3.13. The van der Waals surface area contributed by atoms with Gasteiger partial charge in [-0.25, -0.2) is 9.18 Å². The van der Waals surface area contributed by atoms with E-state index in [-0.39, 0.29) is 11.1 Å². The number of carbonyl (C=O) groups is 2. The van der Waals surface area contributed by atoms with Crippen molar-refractivity contribution in [2.75, 3.05) is 7.11 Å². The largest absolute Gasteiger partial charge is 0.463 e. The van der Waals surface area contributed by atoms with E-state index in [1.54, 1.807) is 6.07 Å². The summed E-state index contributed by atoms with van der Waals surface area (Å²) in [6, 6.07) is 4.65. The third-order valence-electron chi connectivity index (χ3n) is 1.72. The van der Waals surface area contributed by atoms with E-state index < -0.39 is 17.6 Å². The van der Waals surface area contributed by atoms with Crippen LogP contribution in [0.25, 0.3) is 0 Å². The second kappa shape index (κ2) is 4.33. The average molecular weight is 207 g/mol. The molecule has 0 spiro atoms. The summed E-state index contributed by atoms with van der Waals surface area (Å²) in [5, 5.41) is 8.50. The van der Waals surface area contributed by atoms with Crippen molar-refractivity contribution in [1.82, 2.24) is 0 Å². The minimum absolute atomic E-state index is 0.0696. The molecule has 4 nitrogen and oxygen atoms in total. The molecule has 0 aliphatic heterocycles. The molecule has 1 aromatic carbocycles. The first kappa shape index (κ1) is 10.9. The number of ether oxygens (including phenoxy) is 1. The van der Waals surface area contributed by atoms with Crippen LogP contribution in [0.3, 0.4) is 0 Å². The van der Waals surface area contributed by atoms with Gasteiger partial charge in [0.05, 0.1) is 12.7 Å². The lowest BCUT2D eigenvalue weighted by Crippen LogP contribution is -2.15. The van der Waals surface area contributed by atoms with Gasteiger partial charge in [-0.1, -0.05) is 0 Å². The number of halogens is 1. The molecule has 0 radical (unpaired) electrons. The molecule has 0 aliphatic carbocycles. The number of ketones is 1. The highest BCUT2D eigenvalue weighted by Gasteiger charge is 2.17. The SMILES string of the molecule is COC(=O)C(=O)c1ccc(F)c(C#N)c1. The predicted octanol–water partition coefficient (Wildman–Crippen LogP) is 1.05. The van der Waals surface area contributed by atoms with Crippen molar-refractivity contribution in [3.05, 3.63) is 35.1 Å². The fourth-order valence-corrected chi connectivity index (χ4v) is 0.963. The van der Waals surface area contributed by atoms with Gasteiger partial charge in [0, 0.05) is 5.56 Å². The molecule has 0 atom stereocenters. The fourth-order valence-electron chi connectivity index (χ4n) is 0.963. The Kier molecular flexibility index (Phi) is 3.13. The molecule has 0 bridgehead atoms. The molecular weight excluding hydrogens is 201 g/mol. The highest BCUT2D eigenvalue weighted by Crippen LogP contribution is 2.10. The number of nitrogens with zero attached hydrogens (tertiary/aromatic N) is 1. The number of Topliss-reactive ketones (excluding diaryl/α,β-unsaturated/α-hetero) is 1. The van der Waals surface area contributed by atoms with Crippen LogP contribution in [0.2, 0.25) is 0 Å². The summed E-state index contributed by atoms with van der Waals surface area (Å²) in [5.41, 5.74) is -0.357. The molecule has 15 heavy (non-hydrogen) atoms. The van der Waals surface area contributed by atoms with E-state index >= 15 is 0 Å². The Morgan fingerprint density at radius 2 is 2.13 bits per heavy atom. The van der Waals surface area contributed by atoms with Crippen molar-refractivity contribution < 1.29 is 18.7 Å². The number of methoxy groups -OCH3 is 1. The number of benzene rings is 1.